The molecule has 6 heteroatoms. The summed E-state index contributed by atoms with van der Waals surface area (Å²) in [6, 6.07) is 7.33. The molecule has 22 heavy (non-hydrogen) atoms. The van der Waals surface area contributed by atoms with Crippen LogP contribution in [0.2, 0.25) is 0 Å². The van der Waals surface area contributed by atoms with E-state index in [1.165, 1.54) is 0 Å². The van der Waals surface area contributed by atoms with Gasteiger partial charge in [-0.25, -0.2) is 0 Å². The van der Waals surface area contributed by atoms with Crippen molar-refractivity contribution in [2.45, 2.75) is 18.9 Å². The number of nitrogens with zero attached hydrogens (tertiary/aromatic N) is 2. The zero-order chi connectivity index (χ0) is 15.7. The fourth-order valence-electron chi connectivity index (χ4n) is 2.51. The Morgan fingerprint density at radius 3 is 3.00 bits per heavy atom. The van der Waals surface area contributed by atoms with E-state index in [9.17, 15) is 9.59 Å². The number of allylic oxidation sites excluding steroid dienone is 2. The highest BCUT2D eigenvalue weighted by atomic mass is 79.9. The number of amidine groups is 1. The number of carbonyl (C=O) groups is 2. The molecular weight excluding hydrogens is 346 g/mol. The molecule has 1 atom stereocenters. The van der Waals surface area contributed by atoms with E-state index in [-0.39, 0.29) is 18.2 Å². The molecule has 0 saturated carbocycles. The Morgan fingerprint density at radius 2 is 2.23 bits per heavy atom. The van der Waals surface area contributed by atoms with Crippen molar-refractivity contribution < 1.29 is 9.59 Å². The number of nitrogens with one attached hydrogen (secondary N) is 1. The van der Waals surface area contributed by atoms with Gasteiger partial charge in [0.25, 0.3) is 11.8 Å². The number of halogens is 1. The number of amides is 2. The van der Waals surface area contributed by atoms with Crippen LogP contribution in [-0.2, 0) is 9.59 Å². The summed E-state index contributed by atoms with van der Waals surface area (Å²) in [5, 5.41) is 2.87. The van der Waals surface area contributed by atoms with Crippen LogP contribution in [0.1, 0.15) is 13.3 Å². The number of hydrogen-bond acceptors (Lipinski definition) is 3. The van der Waals surface area contributed by atoms with Crippen molar-refractivity contribution in [1.29, 1.82) is 0 Å². The predicted molar refractivity (Wildman–Crippen MR) is 88.4 cm³/mol. The molecule has 1 N–H and O–H groups in total. The first kappa shape index (κ1) is 14.7. The third kappa shape index (κ3) is 2.62. The Balaban J connectivity index is 1.90. The van der Waals surface area contributed by atoms with E-state index >= 15 is 0 Å². The van der Waals surface area contributed by atoms with Gasteiger partial charge < -0.3 is 10.2 Å². The van der Waals surface area contributed by atoms with Crippen LogP contribution >= 0.6 is 15.9 Å². The number of aliphatic imine (C=N–C) groups is 1. The molecule has 2 aliphatic heterocycles. The molecule has 0 aliphatic carbocycles. The lowest BCUT2D eigenvalue weighted by molar-refractivity contribution is -0.130. The van der Waals surface area contributed by atoms with Gasteiger partial charge in [-0.3, -0.25) is 9.59 Å². The van der Waals surface area contributed by atoms with E-state index in [1.807, 2.05) is 24.3 Å². The maximum absolute atomic E-state index is 12.8. The smallest absolute Gasteiger partial charge is 0.250 e. The molecule has 2 aliphatic rings. The van der Waals surface area contributed by atoms with Crippen LogP contribution in [0, 0.1) is 0 Å². The minimum absolute atomic E-state index is 0.0362. The number of carbonyl (C=O) groups excluding carboxylic acids is 2. The SMILES string of the molecule is C[C@]1(C(=O)Nc2cccc(Br)c2)CC(=O)N=C2C=CC=CN21. The van der Waals surface area contributed by atoms with Crippen LogP contribution in [0.15, 0.2) is 58.2 Å². The molecule has 3 rings (SSSR count). The normalized spacial score (nSPS) is 23.1. The summed E-state index contributed by atoms with van der Waals surface area (Å²) in [4.78, 5) is 30.4. The quantitative estimate of drug-likeness (QED) is 0.882. The first-order valence-corrected chi connectivity index (χ1v) is 7.61. The molecule has 0 aromatic heterocycles. The van der Waals surface area contributed by atoms with Gasteiger partial charge in [0.2, 0.25) is 0 Å². The van der Waals surface area contributed by atoms with E-state index < -0.39 is 5.54 Å². The minimum Gasteiger partial charge on any atom is -0.324 e. The maximum Gasteiger partial charge on any atom is 0.250 e. The van der Waals surface area contributed by atoms with Crippen LogP contribution in [0.25, 0.3) is 0 Å². The molecule has 2 heterocycles. The van der Waals surface area contributed by atoms with Crippen LogP contribution in [0.5, 0.6) is 0 Å². The number of hydrogen-bond donors (Lipinski definition) is 1. The third-order valence-electron chi connectivity index (χ3n) is 3.68. The van der Waals surface area contributed by atoms with Crippen molar-refractivity contribution in [3.05, 3.63) is 53.2 Å². The van der Waals surface area contributed by atoms with Crippen molar-refractivity contribution in [3.8, 4) is 0 Å². The summed E-state index contributed by atoms with van der Waals surface area (Å²) in [5.41, 5.74) is -0.328. The fraction of sp³-hybridized carbons (Fsp3) is 0.188. The van der Waals surface area contributed by atoms with Crippen molar-refractivity contribution >= 4 is 39.3 Å². The zero-order valence-electron chi connectivity index (χ0n) is 11.9. The highest BCUT2D eigenvalue weighted by Crippen LogP contribution is 2.29. The van der Waals surface area contributed by atoms with Crippen LogP contribution in [0.4, 0.5) is 5.69 Å². The van der Waals surface area contributed by atoms with Gasteiger partial charge in [-0.1, -0.05) is 28.1 Å². The monoisotopic (exact) mass is 359 g/mol. The van der Waals surface area contributed by atoms with Crippen molar-refractivity contribution in [3.63, 3.8) is 0 Å². The van der Waals surface area contributed by atoms with E-state index in [1.54, 1.807) is 36.2 Å². The van der Waals surface area contributed by atoms with Gasteiger partial charge in [0.05, 0.1) is 6.42 Å². The molecule has 0 bridgehead atoms. The van der Waals surface area contributed by atoms with Gasteiger partial charge in [-0.05, 0) is 37.3 Å². The van der Waals surface area contributed by atoms with Crippen LogP contribution in [-0.4, -0.2) is 28.1 Å². The summed E-state index contributed by atoms with van der Waals surface area (Å²) >= 11 is 3.37. The largest absolute Gasteiger partial charge is 0.324 e. The number of benzene rings is 1. The summed E-state index contributed by atoms with van der Waals surface area (Å²) < 4.78 is 0.873. The van der Waals surface area contributed by atoms with Gasteiger partial charge >= 0.3 is 0 Å². The molecule has 0 unspecified atom stereocenters. The third-order valence-corrected chi connectivity index (χ3v) is 4.17. The van der Waals surface area contributed by atoms with Gasteiger partial charge in [-0.2, -0.15) is 4.99 Å². The minimum atomic E-state index is -1.00. The Morgan fingerprint density at radius 1 is 1.41 bits per heavy atom. The summed E-state index contributed by atoms with van der Waals surface area (Å²) in [7, 11) is 0. The Kier molecular flexibility index (Phi) is 3.70. The van der Waals surface area contributed by atoms with Crippen molar-refractivity contribution in [2.75, 3.05) is 5.32 Å². The second-order valence-electron chi connectivity index (χ2n) is 5.35. The Hall–Kier alpha value is -2.21. The molecule has 2 amide bonds. The highest BCUT2D eigenvalue weighted by Gasteiger charge is 2.45. The van der Waals surface area contributed by atoms with Crippen LogP contribution < -0.4 is 5.32 Å². The second kappa shape index (κ2) is 5.53. The molecule has 1 aromatic carbocycles. The molecule has 5 nitrogen and oxygen atoms in total. The first-order chi connectivity index (χ1) is 10.5. The maximum atomic E-state index is 12.8. The van der Waals surface area contributed by atoms with E-state index in [0.717, 1.165) is 4.47 Å². The molecule has 0 saturated heterocycles. The van der Waals surface area contributed by atoms with E-state index in [0.29, 0.717) is 11.5 Å². The van der Waals surface area contributed by atoms with Gasteiger partial charge in [0, 0.05) is 16.4 Å². The number of anilines is 1. The zero-order valence-corrected chi connectivity index (χ0v) is 13.5. The lowest BCUT2D eigenvalue weighted by Gasteiger charge is -2.41. The Bertz CT molecular complexity index is 739. The van der Waals surface area contributed by atoms with E-state index in [2.05, 4.69) is 26.2 Å². The first-order valence-electron chi connectivity index (χ1n) is 6.82. The molecule has 0 fully saturated rings. The topological polar surface area (TPSA) is 61.8 Å². The van der Waals surface area contributed by atoms with Gasteiger partial charge in [-0.15, -0.1) is 0 Å². The second-order valence-corrected chi connectivity index (χ2v) is 6.27. The van der Waals surface area contributed by atoms with Gasteiger partial charge in [0.15, 0.2) is 0 Å². The van der Waals surface area contributed by atoms with Crippen molar-refractivity contribution in [1.82, 2.24) is 4.90 Å². The number of rotatable bonds is 2. The molecule has 0 spiro atoms. The number of fused-ring (bicyclic) bond motifs is 1. The van der Waals surface area contributed by atoms with Gasteiger partial charge in [0.1, 0.15) is 11.4 Å². The molecule has 1 aromatic rings. The highest BCUT2D eigenvalue weighted by molar-refractivity contribution is 9.10. The Labute approximate surface area is 136 Å². The average Bonchev–Trinajstić information content (AvgIpc) is 2.47. The summed E-state index contributed by atoms with van der Waals surface area (Å²) in [6.07, 6.45) is 7.14. The lowest BCUT2D eigenvalue weighted by atomic mass is 9.91. The molecular formula is C16H14BrN3O2. The molecule has 112 valence electrons. The average molecular weight is 360 g/mol. The predicted octanol–water partition coefficient (Wildman–Crippen LogP) is 2.86. The summed E-state index contributed by atoms with van der Waals surface area (Å²) in [6.45, 7) is 1.75. The van der Waals surface area contributed by atoms with Crippen LogP contribution in [0.3, 0.4) is 0 Å². The standard InChI is InChI=1S/C16H14BrN3O2/c1-16(15(22)18-12-6-4-5-11(17)9-12)10-14(21)19-13-7-2-3-8-20(13)16/h2-9H,10H2,1H3,(H,18,22)/t16-/m1/s1. The summed E-state index contributed by atoms with van der Waals surface area (Å²) in [5.74, 6) is -0.0463. The molecule has 0 radical (unpaired) electrons. The fourth-order valence-corrected chi connectivity index (χ4v) is 2.91. The van der Waals surface area contributed by atoms with Crippen molar-refractivity contribution in [2.24, 2.45) is 4.99 Å². The van der Waals surface area contributed by atoms with E-state index in [4.69, 9.17) is 0 Å². The lowest BCUT2D eigenvalue weighted by Crippen LogP contribution is -2.58.